The van der Waals surface area contributed by atoms with E-state index < -0.39 is 5.97 Å². The molecular weight excluding hydrogens is 248 g/mol. The Labute approximate surface area is 109 Å². The first kappa shape index (κ1) is 11.8. The van der Waals surface area contributed by atoms with E-state index in [2.05, 4.69) is 10.3 Å². The second kappa shape index (κ2) is 4.42. The first-order valence-corrected chi connectivity index (χ1v) is 6.14. The van der Waals surface area contributed by atoms with Gasteiger partial charge in [-0.3, -0.25) is 0 Å². The van der Waals surface area contributed by atoms with Crippen LogP contribution in [0.3, 0.4) is 0 Å². The van der Waals surface area contributed by atoms with Crippen LogP contribution in [0.15, 0.2) is 18.3 Å². The first-order valence-electron chi connectivity index (χ1n) is 6.14. The summed E-state index contributed by atoms with van der Waals surface area (Å²) in [6, 6.07) is 3.22. The highest BCUT2D eigenvalue weighted by Gasteiger charge is 2.36. The molecule has 0 aliphatic carbocycles. The average molecular weight is 262 g/mol. The van der Waals surface area contributed by atoms with Gasteiger partial charge in [0.1, 0.15) is 11.4 Å². The largest absolute Gasteiger partial charge is 0.478 e. The monoisotopic (exact) mass is 262 g/mol. The van der Waals surface area contributed by atoms with Crippen molar-refractivity contribution < 1.29 is 14.7 Å². The molecule has 2 N–H and O–H groups in total. The number of carboxylic acid groups (broad SMARTS) is 1. The third-order valence-corrected chi connectivity index (χ3v) is 3.55. The van der Waals surface area contributed by atoms with Gasteiger partial charge >= 0.3 is 12.0 Å². The number of carboxylic acids is 1. The predicted molar refractivity (Wildman–Crippen MR) is 67.3 cm³/mol. The van der Waals surface area contributed by atoms with E-state index in [4.69, 9.17) is 0 Å². The van der Waals surface area contributed by atoms with Crippen molar-refractivity contribution in [1.82, 2.24) is 15.2 Å². The fraction of sp³-hybridized carbons (Fsp3) is 0.417. The molecule has 7 heteroatoms. The number of carbonyl (C=O) groups excluding carboxylic acids is 1. The van der Waals surface area contributed by atoms with Crippen LogP contribution in [0, 0.1) is 0 Å². The smallest absolute Gasteiger partial charge is 0.339 e. The van der Waals surface area contributed by atoms with Gasteiger partial charge in [-0.1, -0.05) is 0 Å². The molecule has 3 heterocycles. The molecular formula is C12H14N4O3. The van der Waals surface area contributed by atoms with E-state index in [0.717, 1.165) is 0 Å². The van der Waals surface area contributed by atoms with E-state index in [0.29, 0.717) is 32.0 Å². The van der Waals surface area contributed by atoms with Gasteiger partial charge in [-0.15, -0.1) is 0 Å². The van der Waals surface area contributed by atoms with Gasteiger partial charge in [0.25, 0.3) is 0 Å². The summed E-state index contributed by atoms with van der Waals surface area (Å²) in [5, 5.41) is 12.0. The Morgan fingerprint density at radius 3 is 3.11 bits per heavy atom. The van der Waals surface area contributed by atoms with Crippen LogP contribution in [0.1, 0.15) is 10.4 Å². The van der Waals surface area contributed by atoms with Crippen LogP contribution in [0.4, 0.5) is 10.6 Å². The number of anilines is 1. The molecule has 1 atom stereocenters. The van der Waals surface area contributed by atoms with Crippen LogP contribution in [0.2, 0.25) is 0 Å². The van der Waals surface area contributed by atoms with E-state index in [-0.39, 0.29) is 17.6 Å². The van der Waals surface area contributed by atoms with E-state index in [1.807, 2.05) is 4.90 Å². The van der Waals surface area contributed by atoms with Crippen molar-refractivity contribution in [3.63, 3.8) is 0 Å². The van der Waals surface area contributed by atoms with Crippen molar-refractivity contribution in [2.24, 2.45) is 0 Å². The lowest BCUT2D eigenvalue weighted by Crippen LogP contribution is -2.52. The number of carbonyl (C=O) groups is 2. The Kier molecular flexibility index (Phi) is 2.73. The quantitative estimate of drug-likeness (QED) is 0.783. The number of nitrogens with one attached hydrogen (secondary N) is 1. The summed E-state index contributed by atoms with van der Waals surface area (Å²) >= 11 is 0. The lowest BCUT2D eigenvalue weighted by atomic mass is 10.1. The normalized spacial score (nSPS) is 22.1. The third kappa shape index (κ3) is 1.96. The van der Waals surface area contributed by atoms with Crippen molar-refractivity contribution in [3.05, 3.63) is 23.9 Å². The van der Waals surface area contributed by atoms with Gasteiger partial charge in [-0.2, -0.15) is 0 Å². The number of fused-ring (bicyclic) bond motifs is 1. The van der Waals surface area contributed by atoms with Gasteiger partial charge in [0.2, 0.25) is 0 Å². The molecule has 2 aliphatic heterocycles. The van der Waals surface area contributed by atoms with Crippen LogP contribution in [0.5, 0.6) is 0 Å². The number of amides is 2. The molecule has 1 unspecified atom stereocenters. The zero-order valence-electron chi connectivity index (χ0n) is 10.2. The zero-order valence-corrected chi connectivity index (χ0v) is 10.2. The van der Waals surface area contributed by atoms with Crippen LogP contribution in [-0.2, 0) is 0 Å². The summed E-state index contributed by atoms with van der Waals surface area (Å²) in [5.41, 5.74) is 0.202. The Morgan fingerprint density at radius 2 is 2.32 bits per heavy atom. The molecule has 19 heavy (non-hydrogen) atoms. The first-order chi connectivity index (χ1) is 9.16. The second-order valence-corrected chi connectivity index (χ2v) is 4.66. The highest BCUT2D eigenvalue weighted by atomic mass is 16.4. The number of urea groups is 1. The molecule has 0 spiro atoms. The predicted octanol–water partition coefficient (Wildman–Crippen LogP) is -0.00640. The molecule has 0 saturated carbocycles. The molecule has 7 nitrogen and oxygen atoms in total. The van der Waals surface area contributed by atoms with Gasteiger partial charge < -0.3 is 20.2 Å². The van der Waals surface area contributed by atoms with Crippen LogP contribution in [-0.4, -0.2) is 59.2 Å². The Hall–Kier alpha value is -2.31. The third-order valence-electron chi connectivity index (χ3n) is 3.55. The molecule has 2 saturated heterocycles. The molecule has 2 fully saturated rings. The topological polar surface area (TPSA) is 85.8 Å². The number of pyridine rings is 1. The lowest BCUT2D eigenvalue weighted by molar-refractivity contribution is 0.0696. The van der Waals surface area contributed by atoms with E-state index in [1.165, 1.54) is 0 Å². The van der Waals surface area contributed by atoms with Gasteiger partial charge in [0.05, 0.1) is 6.04 Å². The van der Waals surface area contributed by atoms with Crippen molar-refractivity contribution in [1.29, 1.82) is 0 Å². The van der Waals surface area contributed by atoms with Gasteiger partial charge in [0, 0.05) is 32.4 Å². The van der Waals surface area contributed by atoms with Gasteiger partial charge in [0.15, 0.2) is 0 Å². The van der Waals surface area contributed by atoms with E-state index >= 15 is 0 Å². The highest BCUT2D eigenvalue weighted by molar-refractivity contribution is 5.93. The van der Waals surface area contributed by atoms with E-state index in [1.54, 1.807) is 23.2 Å². The fourth-order valence-corrected chi connectivity index (χ4v) is 2.61. The Morgan fingerprint density at radius 1 is 1.47 bits per heavy atom. The molecule has 1 aromatic rings. The summed E-state index contributed by atoms with van der Waals surface area (Å²) in [7, 11) is 0. The zero-order chi connectivity index (χ0) is 13.4. The maximum Gasteiger partial charge on any atom is 0.339 e. The summed E-state index contributed by atoms with van der Waals surface area (Å²) in [5.74, 6) is -0.500. The number of rotatable bonds is 2. The summed E-state index contributed by atoms with van der Waals surface area (Å²) in [6.45, 7) is 2.40. The summed E-state index contributed by atoms with van der Waals surface area (Å²) < 4.78 is 0. The Balaban J connectivity index is 1.85. The average Bonchev–Trinajstić information content (AvgIpc) is 2.80. The Bertz CT molecular complexity index is 533. The maximum atomic E-state index is 11.5. The molecule has 1 aromatic heterocycles. The number of nitrogens with zero attached hydrogens (tertiary/aromatic N) is 3. The number of hydrogen-bond acceptors (Lipinski definition) is 4. The van der Waals surface area contributed by atoms with Crippen molar-refractivity contribution in [3.8, 4) is 0 Å². The van der Waals surface area contributed by atoms with Crippen LogP contribution >= 0.6 is 0 Å². The molecule has 100 valence electrons. The number of aromatic nitrogens is 1. The minimum Gasteiger partial charge on any atom is -0.478 e. The number of piperazine rings is 1. The SMILES string of the molecule is O=C(O)c1cccnc1N1CCN2C(=O)NCC2C1. The molecule has 0 radical (unpaired) electrons. The molecule has 0 bridgehead atoms. The molecule has 0 aromatic carbocycles. The highest BCUT2D eigenvalue weighted by Crippen LogP contribution is 2.22. The van der Waals surface area contributed by atoms with Crippen LogP contribution in [0.25, 0.3) is 0 Å². The second-order valence-electron chi connectivity index (χ2n) is 4.66. The van der Waals surface area contributed by atoms with Crippen molar-refractivity contribution >= 4 is 17.8 Å². The summed E-state index contributed by atoms with van der Waals surface area (Å²) in [6.07, 6.45) is 1.59. The minimum absolute atomic E-state index is 0.0378. The molecule has 3 rings (SSSR count). The molecule has 2 aliphatic rings. The maximum absolute atomic E-state index is 11.5. The summed E-state index contributed by atoms with van der Waals surface area (Å²) in [4.78, 5) is 30.6. The van der Waals surface area contributed by atoms with Crippen molar-refractivity contribution in [2.45, 2.75) is 6.04 Å². The van der Waals surface area contributed by atoms with Crippen LogP contribution < -0.4 is 10.2 Å². The number of aromatic carboxylic acids is 1. The lowest BCUT2D eigenvalue weighted by Gasteiger charge is -2.37. The fourth-order valence-electron chi connectivity index (χ4n) is 2.61. The standard InChI is InChI=1S/C12H14N4O3/c17-11(18)9-2-1-3-13-10(9)15-4-5-16-8(7-15)6-14-12(16)19/h1-3,8H,4-7H2,(H,14,19)(H,17,18). The van der Waals surface area contributed by atoms with Gasteiger partial charge in [-0.25, -0.2) is 14.6 Å². The van der Waals surface area contributed by atoms with Crippen molar-refractivity contribution in [2.75, 3.05) is 31.1 Å². The molecule has 2 amide bonds. The minimum atomic E-state index is -0.980. The number of hydrogen-bond donors (Lipinski definition) is 2. The van der Waals surface area contributed by atoms with Gasteiger partial charge in [-0.05, 0) is 12.1 Å². The van der Waals surface area contributed by atoms with E-state index in [9.17, 15) is 14.7 Å².